The van der Waals surface area contributed by atoms with Crippen LogP contribution in [-0.2, 0) is 25.6 Å². The van der Waals surface area contributed by atoms with E-state index >= 15 is 0 Å². The van der Waals surface area contributed by atoms with Gasteiger partial charge >= 0.3 is 0 Å². The summed E-state index contributed by atoms with van der Waals surface area (Å²) >= 11 is 12.1. The van der Waals surface area contributed by atoms with E-state index in [9.17, 15) is 0 Å². The average Bonchev–Trinajstić information content (AvgIpc) is 3.09. The van der Waals surface area contributed by atoms with Gasteiger partial charge in [0.15, 0.2) is 5.96 Å². The van der Waals surface area contributed by atoms with E-state index in [-0.39, 0.29) is 5.41 Å². The van der Waals surface area contributed by atoms with Gasteiger partial charge in [-0.25, -0.2) is 4.98 Å². The maximum Gasteiger partial charge on any atom is 0.213 e. The minimum atomic E-state index is -0.0593. The number of hydrogen-bond donors (Lipinski definition) is 2. The first-order chi connectivity index (χ1) is 11.2. The molecule has 8 heteroatoms. The highest BCUT2D eigenvalue weighted by atomic mass is 35.5. The van der Waals surface area contributed by atoms with Gasteiger partial charge < -0.3 is 19.6 Å². The van der Waals surface area contributed by atoms with E-state index < -0.39 is 0 Å². The number of aliphatic imine (C=N–C) groups is 1. The van der Waals surface area contributed by atoms with Crippen LogP contribution in [-0.4, -0.2) is 22.6 Å². The molecule has 2 aromatic heterocycles. The monoisotopic (exact) mass is 371 g/mol. The number of oxazole rings is 1. The van der Waals surface area contributed by atoms with Crippen LogP contribution in [0.4, 0.5) is 0 Å². The molecule has 0 aliphatic carbocycles. The Morgan fingerprint density at radius 1 is 1.29 bits per heavy atom. The van der Waals surface area contributed by atoms with Crippen molar-refractivity contribution in [3.8, 4) is 0 Å². The molecule has 0 saturated carbocycles. The highest BCUT2D eigenvalue weighted by molar-refractivity contribution is 6.41. The molecular formula is C16H23Cl2N5O. The van der Waals surface area contributed by atoms with Crippen LogP contribution in [0.15, 0.2) is 21.7 Å². The number of guanidine groups is 1. The smallest absolute Gasteiger partial charge is 0.213 e. The predicted octanol–water partition coefficient (Wildman–Crippen LogP) is 3.48. The Morgan fingerprint density at radius 3 is 2.46 bits per heavy atom. The van der Waals surface area contributed by atoms with Crippen LogP contribution < -0.4 is 10.6 Å². The Bertz CT molecular complexity index is 727. The summed E-state index contributed by atoms with van der Waals surface area (Å²) in [7, 11) is 3.57. The molecule has 0 unspecified atom stereocenters. The molecule has 0 aliphatic heterocycles. The van der Waals surface area contributed by atoms with Crippen molar-refractivity contribution in [1.82, 2.24) is 20.2 Å². The molecule has 0 amide bonds. The van der Waals surface area contributed by atoms with E-state index in [4.69, 9.17) is 27.6 Å². The molecule has 0 saturated heterocycles. The lowest BCUT2D eigenvalue weighted by Crippen LogP contribution is -2.36. The quantitative estimate of drug-likeness (QED) is 0.637. The van der Waals surface area contributed by atoms with Gasteiger partial charge in [-0.15, -0.1) is 0 Å². The molecule has 0 fully saturated rings. The maximum absolute atomic E-state index is 6.06. The standard InChI is InChI=1S/C16H23Cl2N5O/c1-16(2,3)12-8-20-13(24-12)9-22-15(19-4)21-7-10-6-11(17)14(18)23(10)5/h6,8H,7,9H2,1-5H3,(H2,19,21,22). The van der Waals surface area contributed by atoms with Gasteiger partial charge in [-0.3, -0.25) is 4.99 Å². The topological polar surface area (TPSA) is 67.4 Å². The summed E-state index contributed by atoms with van der Waals surface area (Å²) in [5, 5.41) is 7.43. The van der Waals surface area contributed by atoms with Crippen LogP contribution in [0.5, 0.6) is 0 Å². The Hall–Kier alpha value is -1.66. The second kappa shape index (κ2) is 7.49. The third-order valence-electron chi connectivity index (χ3n) is 3.58. The molecule has 2 rings (SSSR count). The van der Waals surface area contributed by atoms with E-state index in [0.29, 0.717) is 35.1 Å². The molecule has 0 atom stereocenters. The van der Waals surface area contributed by atoms with Gasteiger partial charge in [0.1, 0.15) is 10.9 Å². The lowest BCUT2D eigenvalue weighted by Gasteiger charge is -2.13. The highest BCUT2D eigenvalue weighted by Crippen LogP contribution is 2.25. The minimum Gasteiger partial charge on any atom is -0.443 e. The predicted molar refractivity (Wildman–Crippen MR) is 97.7 cm³/mol. The zero-order valence-corrected chi connectivity index (χ0v) is 16.1. The fourth-order valence-electron chi connectivity index (χ4n) is 2.05. The van der Waals surface area contributed by atoms with Crippen LogP contribution in [0.25, 0.3) is 0 Å². The first kappa shape index (κ1) is 18.7. The second-order valence-corrected chi connectivity index (χ2v) is 7.25. The van der Waals surface area contributed by atoms with E-state index in [1.54, 1.807) is 13.2 Å². The van der Waals surface area contributed by atoms with Crippen LogP contribution >= 0.6 is 23.2 Å². The van der Waals surface area contributed by atoms with E-state index in [0.717, 1.165) is 11.5 Å². The molecule has 2 N–H and O–H groups in total. The Morgan fingerprint density at radius 2 is 1.96 bits per heavy atom. The highest BCUT2D eigenvalue weighted by Gasteiger charge is 2.19. The summed E-state index contributed by atoms with van der Waals surface area (Å²) in [5.41, 5.74) is 0.898. The molecule has 24 heavy (non-hydrogen) atoms. The third-order valence-corrected chi connectivity index (χ3v) is 4.42. The summed E-state index contributed by atoms with van der Waals surface area (Å²) in [4.78, 5) is 8.47. The maximum atomic E-state index is 6.06. The molecule has 6 nitrogen and oxygen atoms in total. The Balaban J connectivity index is 1.91. The van der Waals surface area contributed by atoms with Gasteiger partial charge in [0.05, 0.1) is 24.3 Å². The summed E-state index contributed by atoms with van der Waals surface area (Å²) in [6.07, 6.45) is 1.77. The molecule has 0 radical (unpaired) electrons. The first-order valence-electron chi connectivity index (χ1n) is 7.61. The van der Waals surface area contributed by atoms with E-state index in [1.807, 2.05) is 17.7 Å². The summed E-state index contributed by atoms with van der Waals surface area (Å²) in [6.45, 7) is 7.25. The molecule has 0 spiro atoms. The van der Waals surface area contributed by atoms with Crippen molar-refractivity contribution in [3.63, 3.8) is 0 Å². The summed E-state index contributed by atoms with van der Waals surface area (Å²) in [6, 6.07) is 1.83. The van der Waals surface area contributed by atoms with Gasteiger partial charge in [0, 0.05) is 25.2 Å². The van der Waals surface area contributed by atoms with Crippen molar-refractivity contribution in [1.29, 1.82) is 0 Å². The number of nitrogens with one attached hydrogen (secondary N) is 2. The summed E-state index contributed by atoms with van der Waals surface area (Å²) in [5.74, 6) is 2.11. The molecule has 0 aliphatic rings. The van der Waals surface area contributed by atoms with Crippen LogP contribution in [0.2, 0.25) is 10.2 Å². The molecular weight excluding hydrogens is 349 g/mol. The van der Waals surface area contributed by atoms with Gasteiger partial charge in [-0.05, 0) is 6.07 Å². The fourth-order valence-corrected chi connectivity index (χ4v) is 2.47. The SMILES string of the molecule is CN=C(NCc1ncc(C(C)(C)C)o1)NCc1cc(Cl)c(Cl)n1C. The van der Waals surface area contributed by atoms with Crippen molar-refractivity contribution in [2.24, 2.45) is 12.0 Å². The fraction of sp³-hybridized carbons (Fsp3) is 0.500. The van der Waals surface area contributed by atoms with Gasteiger partial charge in [-0.1, -0.05) is 44.0 Å². The number of aromatic nitrogens is 2. The Kier molecular flexibility index (Phi) is 5.83. The second-order valence-electron chi connectivity index (χ2n) is 6.48. The number of rotatable bonds is 4. The van der Waals surface area contributed by atoms with Crippen molar-refractivity contribution in [3.05, 3.63) is 39.8 Å². The van der Waals surface area contributed by atoms with Gasteiger partial charge in [-0.2, -0.15) is 0 Å². The minimum absolute atomic E-state index is 0.0593. The zero-order valence-electron chi connectivity index (χ0n) is 14.6. The Labute approximate surface area is 152 Å². The molecule has 132 valence electrons. The molecule has 0 bridgehead atoms. The van der Waals surface area contributed by atoms with Crippen LogP contribution in [0.1, 0.15) is 38.1 Å². The van der Waals surface area contributed by atoms with Crippen LogP contribution in [0.3, 0.4) is 0 Å². The van der Waals surface area contributed by atoms with Crippen molar-refractivity contribution in [2.45, 2.75) is 39.3 Å². The molecule has 2 aromatic rings. The van der Waals surface area contributed by atoms with Crippen molar-refractivity contribution < 1.29 is 4.42 Å². The largest absolute Gasteiger partial charge is 0.443 e. The molecule has 0 aromatic carbocycles. The zero-order chi connectivity index (χ0) is 17.9. The van der Waals surface area contributed by atoms with Gasteiger partial charge in [0.25, 0.3) is 0 Å². The van der Waals surface area contributed by atoms with E-state index in [1.165, 1.54) is 0 Å². The number of halogens is 2. The lowest BCUT2D eigenvalue weighted by molar-refractivity contribution is 0.379. The lowest BCUT2D eigenvalue weighted by atomic mass is 9.94. The number of hydrogen-bond acceptors (Lipinski definition) is 3. The van der Waals surface area contributed by atoms with Crippen LogP contribution in [0, 0.1) is 0 Å². The number of nitrogens with zero attached hydrogens (tertiary/aromatic N) is 3. The first-order valence-corrected chi connectivity index (χ1v) is 8.37. The third kappa shape index (κ3) is 4.45. The average molecular weight is 372 g/mol. The summed E-state index contributed by atoms with van der Waals surface area (Å²) < 4.78 is 7.58. The van der Waals surface area contributed by atoms with E-state index in [2.05, 4.69) is 41.4 Å². The van der Waals surface area contributed by atoms with Crippen molar-refractivity contribution in [2.75, 3.05) is 7.05 Å². The van der Waals surface area contributed by atoms with Crippen molar-refractivity contribution >= 4 is 29.2 Å². The van der Waals surface area contributed by atoms with Gasteiger partial charge in [0.2, 0.25) is 5.89 Å². The molecule has 2 heterocycles. The normalized spacial score (nSPS) is 12.5.